The van der Waals surface area contributed by atoms with Gasteiger partial charge >= 0.3 is 0 Å². The lowest BCUT2D eigenvalue weighted by atomic mass is 10.0. The standard InChI is InChI=1S/C17H18Cl2N2O3/c18-12-4-3-11(10-13(12)19)14-2-1-8-20(14)17(24)7-9-21-15(22)5-6-16(21)23/h3-4,10,14H,1-2,5-9H2. The third-order valence-corrected chi connectivity index (χ3v) is 5.34. The summed E-state index contributed by atoms with van der Waals surface area (Å²) < 4.78 is 0. The van der Waals surface area contributed by atoms with Gasteiger partial charge in [0.2, 0.25) is 17.7 Å². The summed E-state index contributed by atoms with van der Waals surface area (Å²) in [7, 11) is 0. The first kappa shape index (κ1) is 17.2. The number of benzene rings is 1. The van der Waals surface area contributed by atoms with Crippen molar-refractivity contribution in [2.24, 2.45) is 0 Å². The molecule has 7 heteroatoms. The first-order valence-corrected chi connectivity index (χ1v) is 8.80. The van der Waals surface area contributed by atoms with Crippen molar-refractivity contribution in [3.8, 4) is 0 Å². The van der Waals surface area contributed by atoms with Crippen molar-refractivity contribution >= 4 is 40.9 Å². The molecule has 0 saturated carbocycles. The van der Waals surface area contributed by atoms with E-state index in [1.54, 1.807) is 12.1 Å². The first-order valence-electron chi connectivity index (χ1n) is 8.05. The second-order valence-electron chi connectivity index (χ2n) is 6.11. The summed E-state index contributed by atoms with van der Waals surface area (Å²) in [6.45, 7) is 0.840. The molecule has 0 spiro atoms. The molecule has 1 aromatic rings. The summed E-state index contributed by atoms with van der Waals surface area (Å²) >= 11 is 12.0. The maximum Gasteiger partial charge on any atom is 0.229 e. The van der Waals surface area contributed by atoms with E-state index >= 15 is 0 Å². The van der Waals surface area contributed by atoms with Crippen LogP contribution in [0.1, 0.15) is 43.7 Å². The van der Waals surface area contributed by atoms with Crippen LogP contribution >= 0.6 is 23.2 Å². The van der Waals surface area contributed by atoms with Crippen LogP contribution in [0, 0.1) is 0 Å². The fourth-order valence-electron chi connectivity index (χ4n) is 3.35. The van der Waals surface area contributed by atoms with Crippen molar-refractivity contribution in [1.82, 2.24) is 9.80 Å². The third kappa shape index (κ3) is 3.42. The van der Waals surface area contributed by atoms with Crippen LogP contribution in [-0.2, 0) is 14.4 Å². The zero-order valence-corrected chi connectivity index (χ0v) is 14.6. The summed E-state index contributed by atoms with van der Waals surface area (Å²) in [6, 6.07) is 5.39. The second kappa shape index (κ2) is 7.11. The molecule has 2 aliphatic rings. The highest BCUT2D eigenvalue weighted by Gasteiger charge is 2.33. The maximum absolute atomic E-state index is 12.6. The van der Waals surface area contributed by atoms with E-state index in [0.29, 0.717) is 16.6 Å². The van der Waals surface area contributed by atoms with Gasteiger partial charge in [0.15, 0.2) is 0 Å². The van der Waals surface area contributed by atoms with Gasteiger partial charge in [-0.1, -0.05) is 29.3 Å². The molecule has 0 aromatic heterocycles. The van der Waals surface area contributed by atoms with Gasteiger partial charge in [-0.15, -0.1) is 0 Å². The number of rotatable bonds is 4. The van der Waals surface area contributed by atoms with Gasteiger partial charge in [0.25, 0.3) is 0 Å². The van der Waals surface area contributed by atoms with Crippen molar-refractivity contribution in [3.05, 3.63) is 33.8 Å². The van der Waals surface area contributed by atoms with Crippen molar-refractivity contribution in [3.63, 3.8) is 0 Å². The minimum Gasteiger partial charge on any atom is -0.336 e. The van der Waals surface area contributed by atoms with Crippen molar-refractivity contribution in [2.75, 3.05) is 13.1 Å². The van der Waals surface area contributed by atoms with E-state index in [1.165, 1.54) is 4.90 Å². The topological polar surface area (TPSA) is 57.7 Å². The summed E-state index contributed by atoms with van der Waals surface area (Å²) in [5.74, 6) is -0.415. The van der Waals surface area contributed by atoms with E-state index in [2.05, 4.69) is 0 Å². The molecule has 128 valence electrons. The van der Waals surface area contributed by atoms with Gasteiger partial charge in [-0.3, -0.25) is 19.3 Å². The largest absolute Gasteiger partial charge is 0.336 e. The Kier molecular flexibility index (Phi) is 5.11. The minimum atomic E-state index is -0.185. The highest BCUT2D eigenvalue weighted by atomic mass is 35.5. The normalized spacial score (nSPS) is 21.0. The summed E-state index contributed by atoms with van der Waals surface area (Å²) in [5.41, 5.74) is 0.962. The predicted molar refractivity (Wildman–Crippen MR) is 90.7 cm³/mol. The molecule has 0 N–H and O–H groups in total. The van der Waals surface area contributed by atoms with Crippen LogP contribution in [0.5, 0.6) is 0 Å². The van der Waals surface area contributed by atoms with Crippen LogP contribution in [-0.4, -0.2) is 40.6 Å². The number of imide groups is 1. The minimum absolute atomic E-state index is 0.0303. The average molecular weight is 369 g/mol. The number of hydrogen-bond acceptors (Lipinski definition) is 3. The molecule has 1 atom stereocenters. The Labute approximate surface area is 150 Å². The number of likely N-dealkylation sites (tertiary alicyclic amines) is 2. The molecule has 2 saturated heterocycles. The maximum atomic E-state index is 12.6. The predicted octanol–water partition coefficient (Wildman–Crippen LogP) is 3.20. The van der Waals surface area contributed by atoms with Crippen LogP contribution in [0.25, 0.3) is 0 Å². The number of halogens is 2. The highest BCUT2D eigenvalue weighted by molar-refractivity contribution is 6.42. The molecular weight excluding hydrogens is 351 g/mol. The lowest BCUT2D eigenvalue weighted by Crippen LogP contribution is -2.36. The van der Waals surface area contributed by atoms with Crippen LogP contribution in [0.2, 0.25) is 10.0 Å². The van der Waals surface area contributed by atoms with E-state index in [1.807, 2.05) is 11.0 Å². The Balaban J connectivity index is 1.66. The van der Waals surface area contributed by atoms with E-state index in [0.717, 1.165) is 18.4 Å². The van der Waals surface area contributed by atoms with Crippen LogP contribution in [0.15, 0.2) is 18.2 Å². The van der Waals surface area contributed by atoms with Gasteiger partial charge in [0.1, 0.15) is 0 Å². The van der Waals surface area contributed by atoms with E-state index in [-0.39, 0.29) is 49.6 Å². The Bertz CT molecular complexity index is 676. The fourth-order valence-corrected chi connectivity index (χ4v) is 3.66. The zero-order chi connectivity index (χ0) is 17.3. The highest BCUT2D eigenvalue weighted by Crippen LogP contribution is 2.35. The molecule has 3 amide bonds. The summed E-state index contributed by atoms with van der Waals surface area (Å²) in [4.78, 5) is 38.8. The number of carbonyl (C=O) groups excluding carboxylic acids is 3. The van der Waals surface area contributed by atoms with Crippen molar-refractivity contribution in [1.29, 1.82) is 0 Å². The van der Waals surface area contributed by atoms with Crippen LogP contribution in [0.4, 0.5) is 0 Å². The van der Waals surface area contributed by atoms with E-state index < -0.39 is 0 Å². The second-order valence-corrected chi connectivity index (χ2v) is 6.92. The molecule has 5 nitrogen and oxygen atoms in total. The summed E-state index contributed by atoms with van der Waals surface area (Å²) in [6.07, 6.45) is 2.45. The third-order valence-electron chi connectivity index (χ3n) is 4.61. The van der Waals surface area contributed by atoms with Crippen LogP contribution in [0.3, 0.4) is 0 Å². The SMILES string of the molecule is O=C1CCC(=O)N1CCC(=O)N1CCCC1c1ccc(Cl)c(Cl)c1. The molecule has 2 heterocycles. The van der Waals surface area contributed by atoms with Gasteiger partial charge in [0, 0.05) is 32.4 Å². The molecular formula is C17H18Cl2N2O3. The van der Waals surface area contributed by atoms with Gasteiger partial charge in [-0.05, 0) is 30.5 Å². The fraction of sp³-hybridized carbons (Fsp3) is 0.471. The molecule has 24 heavy (non-hydrogen) atoms. The molecule has 2 aliphatic heterocycles. The Morgan fingerprint density at radius 1 is 1.12 bits per heavy atom. The molecule has 1 aromatic carbocycles. The van der Waals surface area contributed by atoms with Gasteiger partial charge < -0.3 is 4.90 Å². The van der Waals surface area contributed by atoms with E-state index in [9.17, 15) is 14.4 Å². The molecule has 1 unspecified atom stereocenters. The molecule has 0 aliphatic carbocycles. The molecule has 3 rings (SSSR count). The molecule has 2 fully saturated rings. The quantitative estimate of drug-likeness (QED) is 0.766. The van der Waals surface area contributed by atoms with Crippen molar-refractivity contribution in [2.45, 2.75) is 38.1 Å². The molecule has 0 bridgehead atoms. The van der Waals surface area contributed by atoms with Crippen molar-refractivity contribution < 1.29 is 14.4 Å². The Morgan fingerprint density at radius 2 is 1.83 bits per heavy atom. The number of nitrogens with zero attached hydrogens (tertiary/aromatic N) is 2. The van der Waals surface area contributed by atoms with Gasteiger partial charge in [-0.2, -0.15) is 0 Å². The number of carbonyl (C=O) groups is 3. The van der Waals surface area contributed by atoms with Gasteiger partial charge in [0.05, 0.1) is 16.1 Å². The monoisotopic (exact) mass is 368 g/mol. The van der Waals surface area contributed by atoms with E-state index in [4.69, 9.17) is 23.2 Å². The summed E-state index contributed by atoms with van der Waals surface area (Å²) in [5, 5.41) is 0.962. The number of hydrogen-bond donors (Lipinski definition) is 0. The smallest absolute Gasteiger partial charge is 0.229 e. The Hall–Kier alpha value is -1.59. The lowest BCUT2D eigenvalue weighted by molar-refractivity contribution is -0.139. The Morgan fingerprint density at radius 3 is 2.50 bits per heavy atom. The van der Waals surface area contributed by atoms with Crippen LogP contribution < -0.4 is 0 Å². The average Bonchev–Trinajstić information content (AvgIpc) is 3.16. The number of amides is 3. The zero-order valence-electron chi connectivity index (χ0n) is 13.1. The van der Waals surface area contributed by atoms with Gasteiger partial charge in [-0.25, -0.2) is 0 Å². The first-order chi connectivity index (χ1) is 11.5. The lowest BCUT2D eigenvalue weighted by Gasteiger charge is -2.26. The molecule has 0 radical (unpaired) electrons.